The molecule has 0 unspecified atom stereocenters. The summed E-state index contributed by atoms with van der Waals surface area (Å²) in [5, 5.41) is 4.08. The van der Waals surface area contributed by atoms with Gasteiger partial charge in [0.05, 0.1) is 11.3 Å². The summed E-state index contributed by atoms with van der Waals surface area (Å²) >= 11 is 0. The molecule has 0 atom stereocenters. The van der Waals surface area contributed by atoms with Crippen molar-refractivity contribution in [1.29, 1.82) is 0 Å². The molecule has 0 aliphatic carbocycles. The lowest BCUT2D eigenvalue weighted by Gasteiger charge is -2.14. The maximum Gasteiger partial charge on any atom is 0.416 e. The second-order valence-electron chi connectivity index (χ2n) is 6.89. The molecule has 0 fully saturated rings. The van der Waals surface area contributed by atoms with Gasteiger partial charge in [0.1, 0.15) is 12.1 Å². The third-order valence-electron chi connectivity index (χ3n) is 4.81. The number of benzene rings is 1. The van der Waals surface area contributed by atoms with Crippen LogP contribution in [0.4, 0.5) is 19.0 Å². The van der Waals surface area contributed by atoms with Gasteiger partial charge in [-0.2, -0.15) is 27.8 Å². The molecule has 8 heteroatoms. The summed E-state index contributed by atoms with van der Waals surface area (Å²) < 4.78 is 40.9. The summed E-state index contributed by atoms with van der Waals surface area (Å²) in [7, 11) is 0. The van der Waals surface area contributed by atoms with Crippen LogP contribution in [0.3, 0.4) is 0 Å². The molecule has 2 aromatic heterocycles. The highest BCUT2D eigenvalue weighted by atomic mass is 19.4. The highest BCUT2D eigenvalue weighted by Gasteiger charge is 2.31. The number of hydrogen-bond donors (Lipinski definition) is 1. The van der Waals surface area contributed by atoms with Crippen molar-refractivity contribution >= 4 is 11.6 Å². The van der Waals surface area contributed by atoms with Gasteiger partial charge in [-0.1, -0.05) is 51.2 Å². The number of nitrogen functional groups attached to an aromatic ring is 1. The van der Waals surface area contributed by atoms with Crippen molar-refractivity contribution < 1.29 is 13.2 Å². The fourth-order valence-corrected chi connectivity index (χ4v) is 3.31. The quantitative estimate of drug-likeness (QED) is 0.529. The molecule has 0 aliphatic heterocycles. The molecule has 0 bridgehead atoms. The Labute approximate surface area is 161 Å². The number of aromatic nitrogens is 4. The average Bonchev–Trinajstić information content (AvgIpc) is 3.14. The Hall–Kier alpha value is -2.64. The molecular weight excluding hydrogens is 367 g/mol. The van der Waals surface area contributed by atoms with Crippen LogP contribution >= 0.6 is 0 Å². The molecule has 0 amide bonds. The first-order valence-corrected chi connectivity index (χ1v) is 9.57. The summed E-state index contributed by atoms with van der Waals surface area (Å²) in [6.45, 7) is 2.17. The number of alkyl halides is 3. The maximum absolute atomic E-state index is 13.1. The summed E-state index contributed by atoms with van der Waals surface area (Å²) in [4.78, 5) is 8.51. The molecule has 2 heterocycles. The number of halogens is 3. The van der Waals surface area contributed by atoms with Crippen LogP contribution in [0.25, 0.3) is 17.0 Å². The molecule has 150 valence electrons. The van der Waals surface area contributed by atoms with E-state index < -0.39 is 11.7 Å². The van der Waals surface area contributed by atoms with Crippen LogP contribution in [-0.4, -0.2) is 19.6 Å². The monoisotopic (exact) mass is 391 g/mol. The molecule has 2 N–H and O–H groups in total. The highest BCUT2D eigenvalue weighted by molar-refractivity contribution is 5.70. The molecular formula is C20H24F3N5. The van der Waals surface area contributed by atoms with E-state index in [9.17, 15) is 13.2 Å². The zero-order valence-electron chi connectivity index (χ0n) is 15.8. The summed E-state index contributed by atoms with van der Waals surface area (Å²) in [6, 6.07) is 5.17. The van der Waals surface area contributed by atoms with Crippen molar-refractivity contribution in [2.24, 2.45) is 0 Å². The molecule has 3 aromatic rings. The lowest BCUT2D eigenvalue weighted by atomic mass is 9.99. The maximum atomic E-state index is 13.1. The van der Waals surface area contributed by atoms with Gasteiger partial charge in [0.2, 0.25) is 0 Å². The fraction of sp³-hybridized carbons (Fsp3) is 0.450. The fourth-order valence-electron chi connectivity index (χ4n) is 3.31. The number of fused-ring (bicyclic) bond motifs is 1. The Bertz CT molecular complexity index is 933. The van der Waals surface area contributed by atoms with Crippen LogP contribution in [0, 0.1) is 0 Å². The van der Waals surface area contributed by atoms with E-state index in [1.54, 1.807) is 6.07 Å². The minimum absolute atomic E-state index is 0.275. The first-order chi connectivity index (χ1) is 13.4. The minimum Gasteiger partial charge on any atom is -0.383 e. The van der Waals surface area contributed by atoms with Crippen LogP contribution < -0.4 is 5.73 Å². The van der Waals surface area contributed by atoms with Gasteiger partial charge in [-0.25, -0.2) is 4.98 Å². The van der Waals surface area contributed by atoms with Crippen molar-refractivity contribution in [3.63, 3.8) is 0 Å². The molecule has 5 nitrogen and oxygen atoms in total. The van der Waals surface area contributed by atoms with Gasteiger partial charge < -0.3 is 5.73 Å². The molecule has 0 radical (unpaired) electrons. The topological polar surface area (TPSA) is 69.1 Å². The van der Waals surface area contributed by atoms with Crippen LogP contribution in [0.1, 0.15) is 56.6 Å². The van der Waals surface area contributed by atoms with Crippen LogP contribution in [0.2, 0.25) is 0 Å². The number of rotatable bonds is 8. The third-order valence-corrected chi connectivity index (χ3v) is 4.81. The van der Waals surface area contributed by atoms with E-state index in [4.69, 9.17) is 5.73 Å². The first kappa shape index (κ1) is 20.1. The second-order valence-corrected chi connectivity index (χ2v) is 6.89. The Balaban J connectivity index is 1.94. The molecule has 0 saturated heterocycles. The zero-order valence-corrected chi connectivity index (χ0v) is 15.8. The Morgan fingerprint density at radius 3 is 2.57 bits per heavy atom. The average molecular weight is 391 g/mol. The smallest absolute Gasteiger partial charge is 0.383 e. The van der Waals surface area contributed by atoms with E-state index >= 15 is 0 Å². The second kappa shape index (κ2) is 8.58. The molecule has 28 heavy (non-hydrogen) atoms. The molecule has 3 rings (SSSR count). The van der Waals surface area contributed by atoms with Gasteiger partial charge in [0.25, 0.3) is 5.78 Å². The van der Waals surface area contributed by atoms with E-state index in [1.165, 1.54) is 36.2 Å². The summed E-state index contributed by atoms with van der Waals surface area (Å²) in [6.07, 6.45) is 4.19. The Kier molecular flexibility index (Phi) is 6.16. The first-order valence-electron chi connectivity index (χ1n) is 9.57. The van der Waals surface area contributed by atoms with E-state index in [0.29, 0.717) is 29.1 Å². The normalized spacial score (nSPS) is 12.0. The highest BCUT2D eigenvalue weighted by Crippen LogP contribution is 2.34. The molecule has 1 aromatic carbocycles. The number of nitrogens with zero attached hydrogens (tertiary/aromatic N) is 4. The van der Waals surface area contributed by atoms with Gasteiger partial charge in [-0.05, 0) is 25.0 Å². The number of nitrogens with two attached hydrogens (primary N) is 1. The SMILES string of the molecule is CCCCCCCCc1c(-c2cccc(C(F)(F)F)c2)nc2ncnn2c1N. The molecule has 0 aliphatic rings. The summed E-state index contributed by atoms with van der Waals surface area (Å²) in [5.74, 6) is 0.653. The van der Waals surface area contributed by atoms with Crippen molar-refractivity contribution in [3.8, 4) is 11.3 Å². The van der Waals surface area contributed by atoms with Crippen LogP contribution in [-0.2, 0) is 12.6 Å². The minimum atomic E-state index is -4.42. The zero-order chi connectivity index (χ0) is 20.1. The predicted molar refractivity (Wildman–Crippen MR) is 103 cm³/mol. The van der Waals surface area contributed by atoms with Crippen molar-refractivity contribution in [3.05, 3.63) is 41.7 Å². The van der Waals surface area contributed by atoms with Gasteiger partial charge in [-0.15, -0.1) is 0 Å². The van der Waals surface area contributed by atoms with E-state index in [0.717, 1.165) is 31.4 Å². The Morgan fingerprint density at radius 1 is 1.07 bits per heavy atom. The summed E-state index contributed by atoms with van der Waals surface area (Å²) in [5.41, 5.74) is 7.12. The Morgan fingerprint density at radius 2 is 1.82 bits per heavy atom. The number of unbranched alkanes of at least 4 members (excludes halogenated alkanes) is 5. The van der Waals surface area contributed by atoms with Crippen molar-refractivity contribution in [2.45, 2.75) is 58.0 Å². The molecule has 0 saturated carbocycles. The van der Waals surface area contributed by atoms with Crippen molar-refractivity contribution in [1.82, 2.24) is 19.6 Å². The molecule has 0 spiro atoms. The largest absolute Gasteiger partial charge is 0.416 e. The predicted octanol–water partition coefficient (Wildman–Crippen LogP) is 5.30. The van der Waals surface area contributed by atoms with Gasteiger partial charge >= 0.3 is 6.18 Å². The van der Waals surface area contributed by atoms with Crippen LogP contribution in [0.15, 0.2) is 30.6 Å². The van der Waals surface area contributed by atoms with E-state index in [1.807, 2.05) is 0 Å². The number of anilines is 1. The lowest BCUT2D eigenvalue weighted by molar-refractivity contribution is -0.137. The lowest BCUT2D eigenvalue weighted by Crippen LogP contribution is -2.09. The van der Waals surface area contributed by atoms with E-state index in [2.05, 4.69) is 22.0 Å². The van der Waals surface area contributed by atoms with Crippen LogP contribution in [0.5, 0.6) is 0 Å². The third kappa shape index (κ3) is 4.43. The van der Waals surface area contributed by atoms with Crippen molar-refractivity contribution in [2.75, 3.05) is 5.73 Å². The van der Waals surface area contributed by atoms with E-state index in [-0.39, 0.29) is 5.78 Å². The number of hydrogen-bond acceptors (Lipinski definition) is 4. The van der Waals surface area contributed by atoms with Gasteiger partial charge in [-0.3, -0.25) is 0 Å². The van der Waals surface area contributed by atoms with Gasteiger partial charge in [0.15, 0.2) is 0 Å². The standard InChI is InChI=1S/C20H24F3N5/c1-2-3-4-5-6-7-11-16-17(27-19-25-13-26-28(19)18(16)24)14-9-8-10-15(12-14)20(21,22)23/h8-10,12-13H,2-7,11,24H2,1H3. The van der Waals surface area contributed by atoms with Gasteiger partial charge in [0, 0.05) is 11.1 Å².